The second kappa shape index (κ2) is 12.4. The van der Waals surface area contributed by atoms with Crippen LogP contribution in [0.3, 0.4) is 0 Å². The first kappa shape index (κ1) is 30.4. The van der Waals surface area contributed by atoms with Crippen molar-refractivity contribution in [1.29, 1.82) is 0 Å². The average molecular weight is 566 g/mol. The predicted molar refractivity (Wildman–Crippen MR) is 134 cm³/mol. The van der Waals surface area contributed by atoms with E-state index in [1.807, 2.05) is 0 Å². The fourth-order valence-corrected chi connectivity index (χ4v) is 5.13. The van der Waals surface area contributed by atoms with Crippen LogP contribution in [0.2, 0.25) is 0 Å². The number of carbonyl (C=O) groups excluding carboxylic acids is 1. The summed E-state index contributed by atoms with van der Waals surface area (Å²) in [6.45, 7) is 0.642. The van der Waals surface area contributed by atoms with Crippen molar-refractivity contribution >= 4 is 5.78 Å². The van der Waals surface area contributed by atoms with Crippen LogP contribution < -0.4 is 26.8 Å². The third-order valence-corrected chi connectivity index (χ3v) is 7.25. The molecule has 0 aliphatic carbocycles. The Bertz CT molecular complexity index is 1290. The van der Waals surface area contributed by atoms with Gasteiger partial charge in [-0.15, -0.1) is 0 Å². The number of piperidine rings is 1. The van der Waals surface area contributed by atoms with E-state index in [0.29, 0.717) is 29.2 Å². The van der Waals surface area contributed by atoms with Gasteiger partial charge in [-0.3, -0.25) is 4.79 Å². The Morgan fingerprint density at radius 3 is 2.33 bits per heavy atom. The molecular formula is C29H31ClF3NO5. The molecule has 3 aromatic rings. The first-order valence-corrected chi connectivity index (χ1v) is 12.3. The summed E-state index contributed by atoms with van der Waals surface area (Å²) >= 11 is 0. The fraction of sp³-hybridized carbons (Fsp3) is 0.345. The Labute approximate surface area is 231 Å². The molecule has 0 spiro atoms. The van der Waals surface area contributed by atoms with Crippen LogP contribution >= 0.6 is 0 Å². The quantitative estimate of drug-likeness (QED) is 0.346. The van der Waals surface area contributed by atoms with Gasteiger partial charge < -0.3 is 37.0 Å². The summed E-state index contributed by atoms with van der Waals surface area (Å²) in [7, 11) is 3.02. The number of nitrogens with one attached hydrogen (secondary N) is 1. The van der Waals surface area contributed by atoms with E-state index in [1.165, 1.54) is 26.4 Å². The summed E-state index contributed by atoms with van der Waals surface area (Å²) in [5, 5.41) is 22.8. The number of aliphatic hydroxyl groups is 2. The molecule has 39 heavy (non-hydrogen) atoms. The number of quaternary nitrogens is 1. The molecule has 1 aliphatic rings. The van der Waals surface area contributed by atoms with E-state index < -0.39 is 29.4 Å². The largest absolute Gasteiger partial charge is 1.00 e. The summed E-state index contributed by atoms with van der Waals surface area (Å²) < 4.78 is 50.1. The second-order valence-corrected chi connectivity index (χ2v) is 9.60. The van der Waals surface area contributed by atoms with Crippen LogP contribution in [-0.2, 0) is 11.8 Å². The van der Waals surface area contributed by atoms with Crippen molar-refractivity contribution in [2.24, 2.45) is 5.92 Å². The van der Waals surface area contributed by atoms with Crippen molar-refractivity contribution < 1.29 is 55.0 Å². The number of Topliss-reactive ketones (excluding diaryl/α,β-unsaturated/α-hetero) is 1. The van der Waals surface area contributed by atoms with Crippen molar-refractivity contribution in [3.8, 4) is 11.5 Å². The summed E-state index contributed by atoms with van der Waals surface area (Å²) in [6, 6.07) is 18.2. The summed E-state index contributed by atoms with van der Waals surface area (Å²) in [5.74, 6) is -0.141. The van der Waals surface area contributed by atoms with E-state index in [2.05, 4.69) is 0 Å². The number of ether oxygens (including phenoxy) is 2. The first-order chi connectivity index (χ1) is 18.0. The van der Waals surface area contributed by atoms with E-state index in [9.17, 15) is 28.2 Å². The van der Waals surface area contributed by atoms with Crippen molar-refractivity contribution in [1.82, 2.24) is 0 Å². The van der Waals surface area contributed by atoms with Crippen molar-refractivity contribution in [2.75, 3.05) is 33.9 Å². The molecule has 0 bridgehead atoms. The molecule has 0 aromatic heterocycles. The highest BCUT2D eigenvalue weighted by Gasteiger charge is 2.49. The van der Waals surface area contributed by atoms with Crippen molar-refractivity contribution in [3.63, 3.8) is 0 Å². The fourth-order valence-electron chi connectivity index (χ4n) is 5.13. The van der Waals surface area contributed by atoms with Crippen molar-refractivity contribution in [3.05, 3.63) is 95.1 Å². The maximum absolute atomic E-state index is 13.8. The molecule has 4 rings (SSSR count). The molecule has 4 unspecified atom stereocenters. The number of likely N-dealkylation sites (tertiary alicyclic amines) is 1. The van der Waals surface area contributed by atoms with Gasteiger partial charge >= 0.3 is 6.18 Å². The number of methoxy groups -OCH3 is 2. The molecule has 1 heterocycles. The van der Waals surface area contributed by atoms with Gasteiger partial charge in [0.15, 0.2) is 5.78 Å². The molecule has 1 fully saturated rings. The smallest absolute Gasteiger partial charge is 0.416 e. The minimum atomic E-state index is -4.52. The minimum absolute atomic E-state index is 0. The number of aliphatic hydroxyl groups excluding tert-OH is 1. The Hall–Kier alpha value is -3.11. The van der Waals surface area contributed by atoms with Gasteiger partial charge in [0.25, 0.3) is 0 Å². The maximum Gasteiger partial charge on any atom is 0.416 e. The lowest BCUT2D eigenvalue weighted by atomic mass is 9.72. The summed E-state index contributed by atoms with van der Waals surface area (Å²) in [4.78, 5) is 14.6. The number of halogens is 4. The lowest BCUT2D eigenvalue weighted by Gasteiger charge is -2.42. The average Bonchev–Trinajstić information content (AvgIpc) is 2.93. The number of hydrogen-bond acceptors (Lipinski definition) is 5. The van der Waals surface area contributed by atoms with Gasteiger partial charge in [-0.2, -0.15) is 13.2 Å². The molecule has 0 amide bonds. The maximum atomic E-state index is 13.8. The van der Waals surface area contributed by atoms with E-state index in [4.69, 9.17) is 9.47 Å². The molecule has 210 valence electrons. The van der Waals surface area contributed by atoms with Crippen LogP contribution in [0.1, 0.15) is 39.6 Å². The monoisotopic (exact) mass is 565 g/mol. The van der Waals surface area contributed by atoms with E-state index in [0.717, 1.165) is 17.0 Å². The first-order valence-electron chi connectivity index (χ1n) is 12.3. The van der Waals surface area contributed by atoms with Gasteiger partial charge in [0.1, 0.15) is 35.7 Å². The standard InChI is InChI=1S/C29H30F3NO5.ClH/c1-37-23-10-4-7-20(15-23)27(35)25-17-33(13-12-28(25,36)21-8-5-11-24(16-21)38-2)18-26(34)19-6-3-9-22(14-19)29(30,31)32;/h3-11,14-16,25-26,34,36H,12-13,17-18H2,1-2H3;1H. The number of rotatable bonds is 8. The van der Waals surface area contributed by atoms with Crippen LogP contribution in [0.25, 0.3) is 0 Å². The lowest BCUT2D eigenvalue weighted by Crippen LogP contribution is -3.15. The molecule has 1 aliphatic heterocycles. The second-order valence-electron chi connectivity index (χ2n) is 9.60. The van der Waals surface area contributed by atoms with E-state index in [-0.39, 0.29) is 43.3 Å². The van der Waals surface area contributed by atoms with E-state index in [1.54, 1.807) is 48.5 Å². The van der Waals surface area contributed by atoms with Crippen LogP contribution in [0.15, 0.2) is 72.8 Å². The predicted octanol–water partition coefficient (Wildman–Crippen LogP) is 0.436. The molecule has 0 saturated carbocycles. The van der Waals surface area contributed by atoms with E-state index >= 15 is 0 Å². The highest BCUT2D eigenvalue weighted by atomic mass is 35.5. The zero-order chi connectivity index (χ0) is 27.5. The Morgan fingerprint density at radius 1 is 1.03 bits per heavy atom. The van der Waals surface area contributed by atoms with Crippen LogP contribution in [0.5, 0.6) is 11.5 Å². The third kappa shape index (κ3) is 6.73. The molecule has 3 N–H and O–H groups in total. The van der Waals surface area contributed by atoms with Crippen LogP contribution in [-0.4, -0.2) is 49.9 Å². The number of benzene rings is 3. The molecule has 0 radical (unpaired) electrons. The Kier molecular flexibility index (Phi) is 9.66. The van der Waals surface area contributed by atoms with Crippen molar-refractivity contribution in [2.45, 2.75) is 24.3 Å². The third-order valence-electron chi connectivity index (χ3n) is 7.25. The van der Waals surface area contributed by atoms with Gasteiger partial charge in [0.2, 0.25) is 0 Å². The van der Waals surface area contributed by atoms with Gasteiger partial charge in [-0.05, 0) is 47.5 Å². The zero-order valence-electron chi connectivity index (χ0n) is 21.5. The molecule has 3 aromatic carbocycles. The number of alkyl halides is 3. The van der Waals surface area contributed by atoms with Crippen LogP contribution in [0, 0.1) is 5.92 Å². The molecule has 6 nitrogen and oxygen atoms in total. The normalized spacial score (nSPS) is 21.9. The van der Waals surface area contributed by atoms with Crippen LogP contribution in [0.4, 0.5) is 13.2 Å². The zero-order valence-corrected chi connectivity index (χ0v) is 22.3. The Balaban J connectivity index is 0.00000420. The summed E-state index contributed by atoms with van der Waals surface area (Å²) in [6.07, 6.45) is -5.50. The number of hydrogen-bond donors (Lipinski definition) is 3. The molecule has 1 saturated heterocycles. The van der Waals surface area contributed by atoms with Gasteiger partial charge in [0.05, 0.1) is 32.9 Å². The van der Waals surface area contributed by atoms with Gasteiger partial charge in [0, 0.05) is 12.0 Å². The SMILES string of the molecule is COc1cccc(C(=O)C2C[NH+](CC(O)c3cccc(C(F)(F)F)c3)CCC2(O)c2cccc(OC)c2)c1.[Cl-]. The minimum Gasteiger partial charge on any atom is -1.00 e. The highest BCUT2D eigenvalue weighted by Crippen LogP contribution is 2.38. The lowest BCUT2D eigenvalue weighted by molar-refractivity contribution is -0.914. The number of ketones is 1. The van der Waals surface area contributed by atoms with Gasteiger partial charge in [-0.25, -0.2) is 0 Å². The topological polar surface area (TPSA) is 80.4 Å². The molecular weight excluding hydrogens is 535 g/mol. The number of carbonyl (C=O) groups is 1. The molecule has 4 atom stereocenters. The van der Waals surface area contributed by atoms with Gasteiger partial charge in [-0.1, -0.05) is 36.4 Å². The Morgan fingerprint density at radius 2 is 1.67 bits per heavy atom. The summed E-state index contributed by atoms with van der Waals surface area (Å²) in [5.41, 5.74) is -1.29. The molecule has 10 heteroatoms. The highest BCUT2D eigenvalue weighted by molar-refractivity contribution is 5.99.